The number of anilines is 1. The number of hydrogen-bond donors (Lipinski definition) is 1. The van der Waals surface area contributed by atoms with E-state index in [1.807, 2.05) is 35.8 Å². The van der Waals surface area contributed by atoms with Crippen LogP contribution in [0, 0.1) is 10.1 Å². The van der Waals surface area contributed by atoms with Gasteiger partial charge in [0.1, 0.15) is 0 Å². The number of benzene rings is 2. The number of para-hydroxylation sites is 2. The zero-order chi connectivity index (χ0) is 23.4. The van der Waals surface area contributed by atoms with Crippen molar-refractivity contribution in [3.8, 4) is 0 Å². The first-order valence-electron chi connectivity index (χ1n) is 11.4. The summed E-state index contributed by atoms with van der Waals surface area (Å²) in [5.74, 6) is 0.164. The second-order valence-corrected chi connectivity index (χ2v) is 8.26. The molecule has 0 aliphatic carbocycles. The summed E-state index contributed by atoms with van der Waals surface area (Å²) < 4.78 is 7.58. The van der Waals surface area contributed by atoms with E-state index >= 15 is 0 Å². The Hall–Kier alpha value is -3.68. The van der Waals surface area contributed by atoms with E-state index in [9.17, 15) is 14.9 Å². The van der Waals surface area contributed by atoms with E-state index in [2.05, 4.69) is 17.2 Å². The van der Waals surface area contributed by atoms with E-state index in [0.29, 0.717) is 29.4 Å². The van der Waals surface area contributed by atoms with Crippen LogP contribution in [0.4, 0.5) is 11.6 Å². The predicted molar refractivity (Wildman–Crippen MR) is 127 cm³/mol. The minimum absolute atomic E-state index is 0.0294. The smallest absolute Gasteiger partial charge is 0.338 e. The number of non-ortho nitro benzene ring substituents is 1. The molecule has 8 heteroatoms. The average molecular weight is 449 g/mol. The fourth-order valence-corrected chi connectivity index (χ4v) is 4.30. The van der Waals surface area contributed by atoms with E-state index in [4.69, 9.17) is 4.74 Å². The first kappa shape index (κ1) is 22.5. The second-order valence-electron chi connectivity index (χ2n) is 8.26. The number of carbonyl (C=O) groups excluding carboxylic acids is 1. The summed E-state index contributed by atoms with van der Waals surface area (Å²) in [6.45, 7) is 4.32. The van der Waals surface area contributed by atoms with Crippen molar-refractivity contribution >= 4 is 28.6 Å². The third-order valence-corrected chi connectivity index (χ3v) is 5.93. The lowest BCUT2D eigenvalue weighted by Gasteiger charge is -2.30. The van der Waals surface area contributed by atoms with Gasteiger partial charge in [-0.1, -0.05) is 56.9 Å². The van der Waals surface area contributed by atoms with Crippen molar-refractivity contribution in [2.24, 2.45) is 0 Å². The van der Waals surface area contributed by atoms with Gasteiger partial charge in [-0.3, -0.25) is 14.7 Å². The first-order valence-corrected chi connectivity index (χ1v) is 11.4. The molecule has 2 aromatic carbocycles. The molecule has 8 nitrogen and oxygen atoms in total. The molecule has 1 atom stereocenters. The molecule has 0 amide bonds. The van der Waals surface area contributed by atoms with Gasteiger partial charge in [0.05, 0.1) is 34.2 Å². The summed E-state index contributed by atoms with van der Waals surface area (Å²) in [5.41, 5.74) is 3.26. The summed E-state index contributed by atoms with van der Waals surface area (Å²) in [5, 5.41) is 14.7. The zero-order valence-electron chi connectivity index (χ0n) is 18.9. The topological polar surface area (TPSA) is 99.3 Å². The Bertz CT molecular complexity index is 1210. The van der Waals surface area contributed by atoms with Crippen LogP contribution < -0.4 is 5.32 Å². The zero-order valence-corrected chi connectivity index (χ0v) is 18.9. The summed E-state index contributed by atoms with van der Waals surface area (Å²) in [6.07, 6.45) is 5.28. The number of unbranched alkanes of at least 4 members (excludes halogenated alkanes) is 4. The van der Waals surface area contributed by atoms with E-state index < -0.39 is 16.9 Å². The normalized spacial score (nSPS) is 15.3. The fourth-order valence-electron chi connectivity index (χ4n) is 4.30. The number of hydrogen-bond acceptors (Lipinski definition) is 6. The number of esters is 1. The molecular formula is C25H28N4O4. The Morgan fingerprint density at radius 1 is 1.15 bits per heavy atom. The molecule has 172 valence electrons. The molecule has 33 heavy (non-hydrogen) atoms. The number of imidazole rings is 1. The van der Waals surface area contributed by atoms with E-state index in [1.165, 1.54) is 18.6 Å². The molecule has 4 rings (SSSR count). The number of nitrogens with zero attached hydrogens (tertiary/aromatic N) is 3. The molecule has 0 fully saturated rings. The monoisotopic (exact) mass is 448 g/mol. The molecular weight excluding hydrogens is 420 g/mol. The SMILES string of the molecule is CCCCCCCOC(=O)C1=C(C)Nc2nc3ccccc3n2C1c1cccc([N+](=O)[O-])c1. The molecule has 1 unspecified atom stereocenters. The highest BCUT2D eigenvalue weighted by atomic mass is 16.6. The Balaban J connectivity index is 1.72. The average Bonchev–Trinajstić information content (AvgIpc) is 3.18. The number of fused-ring (bicyclic) bond motifs is 3. The minimum atomic E-state index is -0.596. The Labute approximate surface area is 192 Å². The standard InChI is InChI=1S/C25H28N4O4/c1-3-4-5-6-9-15-33-24(30)22-17(2)26-25-27-20-13-7-8-14-21(20)28(25)23(22)18-11-10-12-19(16-18)29(31)32/h7-8,10-14,16,23H,3-6,9,15H2,1-2H3,(H,26,27). The van der Waals surface area contributed by atoms with Crippen molar-refractivity contribution in [3.05, 3.63) is 75.5 Å². The Morgan fingerprint density at radius 2 is 1.94 bits per heavy atom. The van der Waals surface area contributed by atoms with Crippen molar-refractivity contribution < 1.29 is 14.5 Å². The van der Waals surface area contributed by atoms with Gasteiger partial charge in [0.25, 0.3) is 5.69 Å². The van der Waals surface area contributed by atoms with Crippen molar-refractivity contribution in [2.45, 2.75) is 52.0 Å². The van der Waals surface area contributed by atoms with Gasteiger partial charge in [0, 0.05) is 17.8 Å². The number of allylic oxidation sites excluding steroid dienone is 1. The molecule has 0 bridgehead atoms. The van der Waals surface area contributed by atoms with Gasteiger partial charge in [0.2, 0.25) is 5.95 Å². The van der Waals surface area contributed by atoms with Gasteiger partial charge >= 0.3 is 5.97 Å². The molecule has 0 radical (unpaired) electrons. The van der Waals surface area contributed by atoms with Gasteiger partial charge < -0.3 is 10.1 Å². The largest absolute Gasteiger partial charge is 0.462 e. The van der Waals surface area contributed by atoms with E-state index in [-0.39, 0.29) is 5.69 Å². The van der Waals surface area contributed by atoms with Crippen LogP contribution in [-0.4, -0.2) is 27.1 Å². The molecule has 0 saturated heterocycles. The number of aromatic nitrogens is 2. The second kappa shape index (κ2) is 9.85. The third-order valence-electron chi connectivity index (χ3n) is 5.93. The lowest BCUT2D eigenvalue weighted by molar-refractivity contribution is -0.384. The van der Waals surface area contributed by atoms with Crippen LogP contribution in [0.2, 0.25) is 0 Å². The maximum absolute atomic E-state index is 13.3. The van der Waals surface area contributed by atoms with Crippen LogP contribution in [0.25, 0.3) is 11.0 Å². The molecule has 3 aromatic rings. The summed E-state index contributed by atoms with van der Waals surface area (Å²) >= 11 is 0. The third kappa shape index (κ3) is 4.60. The molecule has 0 saturated carbocycles. The van der Waals surface area contributed by atoms with Gasteiger partial charge in [-0.15, -0.1) is 0 Å². The van der Waals surface area contributed by atoms with Crippen LogP contribution in [0.1, 0.15) is 57.6 Å². The number of nitro benzene ring substituents is 1. The van der Waals surface area contributed by atoms with Gasteiger partial charge in [0.15, 0.2) is 0 Å². The summed E-state index contributed by atoms with van der Waals surface area (Å²) in [7, 11) is 0. The van der Waals surface area contributed by atoms with Crippen LogP contribution in [0.3, 0.4) is 0 Å². The predicted octanol–water partition coefficient (Wildman–Crippen LogP) is 5.75. The Kier molecular flexibility index (Phi) is 6.72. The first-order chi connectivity index (χ1) is 16.0. The van der Waals surface area contributed by atoms with Crippen LogP contribution in [0.5, 0.6) is 0 Å². The van der Waals surface area contributed by atoms with Crippen molar-refractivity contribution in [1.82, 2.24) is 9.55 Å². The summed E-state index contributed by atoms with van der Waals surface area (Å²) in [4.78, 5) is 29.0. The molecule has 0 spiro atoms. The van der Waals surface area contributed by atoms with Crippen LogP contribution in [-0.2, 0) is 9.53 Å². The highest BCUT2D eigenvalue weighted by Crippen LogP contribution is 2.40. The highest BCUT2D eigenvalue weighted by Gasteiger charge is 2.35. The lowest BCUT2D eigenvalue weighted by Crippen LogP contribution is -2.29. The molecule has 1 aromatic heterocycles. The van der Waals surface area contributed by atoms with E-state index in [0.717, 1.165) is 36.7 Å². The van der Waals surface area contributed by atoms with Crippen molar-refractivity contribution in [1.29, 1.82) is 0 Å². The quantitative estimate of drug-likeness (QED) is 0.194. The Morgan fingerprint density at radius 3 is 2.73 bits per heavy atom. The van der Waals surface area contributed by atoms with Crippen LogP contribution in [0.15, 0.2) is 59.8 Å². The number of carbonyl (C=O) groups is 1. The number of nitro groups is 1. The molecule has 1 aliphatic rings. The van der Waals surface area contributed by atoms with Gasteiger partial charge in [-0.05, 0) is 31.0 Å². The minimum Gasteiger partial charge on any atom is -0.462 e. The van der Waals surface area contributed by atoms with Gasteiger partial charge in [-0.25, -0.2) is 9.78 Å². The fraction of sp³-hybridized carbons (Fsp3) is 0.360. The van der Waals surface area contributed by atoms with Crippen molar-refractivity contribution in [3.63, 3.8) is 0 Å². The van der Waals surface area contributed by atoms with Crippen molar-refractivity contribution in [2.75, 3.05) is 11.9 Å². The maximum Gasteiger partial charge on any atom is 0.338 e. The van der Waals surface area contributed by atoms with Gasteiger partial charge in [-0.2, -0.15) is 0 Å². The number of ether oxygens (including phenoxy) is 1. The van der Waals surface area contributed by atoms with E-state index in [1.54, 1.807) is 12.1 Å². The highest BCUT2D eigenvalue weighted by molar-refractivity contribution is 5.94. The summed E-state index contributed by atoms with van der Waals surface area (Å²) in [6, 6.07) is 13.4. The molecule has 1 N–H and O–H groups in total. The molecule has 1 aliphatic heterocycles. The number of rotatable bonds is 9. The lowest BCUT2D eigenvalue weighted by atomic mass is 9.94. The number of nitrogens with one attached hydrogen (secondary N) is 1. The van der Waals surface area contributed by atoms with Crippen LogP contribution >= 0.6 is 0 Å². The molecule has 2 heterocycles. The maximum atomic E-state index is 13.3.